The maximum Gasteiger partial charge on any atom is 0.350 e. The molecule has 0 amide bonds. The Kier molecular flexibility index (Phi) is 3.04. The van der Waals surface area contributed by atoms with Crippen molar-refractivity contribution in [3.8, 4) is 0 Å². The molecule has 2 unspecified atom stereocenters. The van der Waals surface area contributed by atoms with Crippen molar-refractivity contribution in [2.75, 3.05) is 0 Å². The highest BCUT2D eigenvalue weighted by Crippen LogP contribution is 2.53. The van der Waals surface area contributed by atoms with Gasteiger partial charge in [-0.3, -0.25) is 4.79 Å². The van der Waals surface area contributed by atoms with Crippen molar-refractivity contribution in [3.05, 3.63) is 42.7 Å². The summed E-state index contributed by atoms with van der Waals surface area (Å²) in [6.45, 7) is 1.92. The van der Waals surface area contributed by atoms with E-state index in [0.717, 1.165) is 24.0 Å². The van der Waals surface area contributed by atoms with Gasteiger partial charge in [-0.05, 0) is 55.0 Å². The quantitative estimate of drug-likeness (QED) is 0.814. The Morgan fingerprint density at radius 1 is 1.43 bits per heavy atom. The summed E-state index contributed by atoms with van der Waals surface area (Å²) in [5.74, 6) is 0.676. The molecule has 1 fully saturated rings. The zero-order valence-electron chi connectivity index (χ0n) is 11.6. The van der Waals surface area contributed by atoms with E-state index in [2.05, 4.69) is 0 Å². The lowest BCUT2D eigenvalue weighted by Gasteiger charge is -2.05. The third-order valence-corrected chi connectivity index (χ3v) is 6.74. The van der Waals surface area contributed by atoms with Gasteiger partial charge in [0.15, 0.2) is 6.73 Å². The smallest absolute Gasteiger partial charge is 0.350 e. The molecular formula is C15H15NO3S2. The Hall–Kier alpha value is -1.40. The highest BCUT2D eigenvalue weighted by molar-refractivity contribution is 7.12. The number of nitrogens with zero attached hydrogens (tertiary/aromatic N) is 1. The Balaban J connectivity index is 1.53. The number of hydrogen-bond acceptors (Lipinski definition) is 5. The highest BCUT2D eigenvalue weighted by atomic mass is 32.1. The fourth-order valence-corrected chi connectivity index (χ4v) is 5.51. The first-order chi connectivity index (χ1) is 10.1. The predicted molar refractivity (Wildman–Crippen MR) is 82.4 cm³/mol. The Bertz CT molecular complexity index is 770. The predicted octanol–water partition coefficient (Wildman–Crippen LogP) is 3.46. The Morgan fingerprint density at radius 2 is 2.24 bits per heavy atom. The first kappa shape index (κ1) is 13.3. The molecule has 2 heterocycles. The summed E-state index contributed by atoms with van der Waals surface area (Å²) in [5.41, 5.74) is 1.97. The summed E-state index contributed by atoms with van der Waals surface area (Å²) in [6, 6.07) is 1.89. The lowest BCUT2D eigenvalue weighted by Crippen LogP contribution is -2.20. The maximum absolute atomic E-state index is 12.4. The van der Waals surface area contributed by atoms with E-state index >= 15 is 0 Å². The second-order valence-electron chi connectivity index (χ2n) is 5.75. The van der Waals surface area contributed by atoms with Crippen LogP contribution in [0.15, 0.2) is 16.2 Å². The van der Waals surface area contributed by atoms with Gasteiger partial charge in [0.1, 0.15) is 4.88 Å². The summed E-state index contributed by atoms with van der Waals surface area (Å²) in [5, 5.41) is 1.87. The standard InChI is InChI=1S/C15H15NO3S2/c1-8-4-5-20-12(8)15(18)19-7-16-14(17)11-9-2-3-10(6-9)13(11)21-16/h4-5,9-10H,2-3,6-7H2,1H3. The summed E-state index contributed by atoms with van der Waals surface area (Å²) in [4.78, 5) is 26.3. The minimum absolute atomic E-state index is 0.0338. The van der Waals surface area contributed by atoms with Crippen molar-refractivity contribution < 1.29 is 9.53 Å². The lowest BCUT2D eigenvalue weighted by atomic mass is 10.00. The van der Waals surface area contributed by atoms with E-state index in [0.29, 0.717) is 16.7 Å². The molecule has 0 aliphatic heterocycles. The summed E-state index contributed by atoms with van der Waals surface area (Å²) in [6.07, 6.45) is 3.48. The van der Waals surface area contributed by atoms with Gasteiger partial charge in [-0.25, -0.2) is 8.75 Å². The van der Waals surface area contributed by atoms with Gasteiger partial charge in [0.05, 0.1) is 0 Å². The van der Waals surface area contributed by atoms with Gasteiger partial charge < -0.3 is 4.74 Å². The average molecular weight is 321 g/mol. The van der Waals surface area contributed by atoms with Crippen LogP contribution in [0.3, 0.4) is 0 Å². The van der Waals surface area contributed by atoms with Crippen LogP contribution in [0.4, 0.5) is 0 Å². The molecule has 4 rings (SSSR count). The zero-order valence-corrected chi connectivity index (χ0v) is 13.3. The molecule has 0 spiro atoms. The number of fused-ring (bicyclic) bond motifs is 5. The zero-order chi connectivity index (χ0) is 14.6. The van der Waals surface area contributed by atoms with E-state index in [1.54, 1.807) is 3.96 Å². The number of ether oxygens (including phenoxy) is 1. The van der Waals surface area contributed by atoms with Gasteiger partial charge in [-0.15, -0.1) is 11.3 Å². The van der Waals surface area contributed by atoms with E-state index in [1.807, 2.05) is 18.4 Å². The minimum atomic E-state index is -0.342. The fourth-order valence-electron chi connectivity index (χ4n) is 3.45. The molecule has 110 valence electrons. The molecule has 0 N–H and O–H groups in total. The summed E-state index contributed by atoms with van der Waals surface area (Å²) < 4.78 is 6.90. The van der Waals surface area contributed by atoms with Gasteiger partial charge in [0.2, 0.25) is 0 Å². The molecule has 4 nitrogen and oxygen atoms in total. The topological polar surface area (TPSA) is 48.3 Å². The molecule has 0 aromatic carbocycles. The first-order valence-electron chi connectivity index (χ1n) is 7.10. The fraction of sp³-hybridized carbons (Fsp3) is 0.467. The molecule has 0 saturated heterocycles. The SMILES string of the molecule is Cc1ccsc1C(=O)OCn1sc2c(c1=O)C1CCC2C1. The number of hydrogen-bond donors (Lipinski definition) is 0. The van der Waals surface area contributed by atoms with Crippen molar-refractivity contribution >= 4 is 28.8 Å². The van der Waals surface area contributed by atoms with Crippen molar-refractivity contribution in [2.45, 2.75) is 44.8 Å². The number of rotatable bonds is 3. The molecule has 0 radical (unpaired) electrons. The van der Waals surface area contributed by atoms with Gasteiger partial charge in [0.25, 0.3) is 5.56 Å². The first-order valence-corrected chi connectivity index (χ1v) is 8.75. The van der Waals surface area contributed by atoms with Crippen LogP contribution in [0.1, 0.15) is 56.8 Å². The van der Waals surface area contributed by atoms with E-state index in [1.165, 1.54) is 34.2 Å². The number of aryl methyl sites for hydroxylation is 1. The van der Waals surface area contributed by atoms with Crippen LogP contribution in [-0.2, 0) is 11.5 Å². The van der Waals surface area contributed by atoms with Crippen LogP contribution in [0.5, 0.6) is 0 Å². The molecule has 2 bridgehead atoms. The summed E-state index contributed by atoms with van der Waals surface area (Å²) >= 11 is 2.86. The largest absolute Gasteiger partial charge is 0.439 e. The van der Waals surface area contributed by atoms with Gasteiger partial charge in [0, 0.05) is 10.4 Å². The van der Waals surface area contributed by atoms with Crippen LogP contribution in [0.25, 0.3) is 0 Å². The normalized spacial score (nSPS) is 22.5. The maximum atomic E-state index is 12.4. The van der Waals surface area contributed by atoms with Crippen molar-refractivity contribution in [3.63, 3.8) is 0 Å². The number of aromatic nitrogens is 1. The Labute approximate surface area is 130 Å². The van der Waals surface area contributed by atoms with Crippen LogP contribution < -0.4 is 5.56 Å². The van der Waals surface area contributed by atoms with Crippen molar-refractivity contribution in [2.24, 2.45) is 0 Å². The molecule has 2 aliphatic rings. The summed E-state index contributed by atoms with van der Waals surface area (Å²) in [7, 11) is 0. The number of thiophene rings is 1. The number of esters is 1. The van der Waals surface area contributed by atoms with Crippen LogP contribution >= 0.6 is 22.9 Å². The minimum Gasteiger partial charge on any atom is -0.439 e. The van der Waals surface area contributed by atoms with Crippen LogP contribution in [-0.4, -0.2) is 9.93 Å². The van der Waals surface area contributed by atoms with E-state index in [9.17, 15) is 9.59 Å². The number of carbonyl (C=O) groups excluding carboxylic acids is 1. The second-order valence-corrected chi connectivity index (χ2v) is 7.73. The number of carbonyl (C=O) groups is 1. The molecule has 2 aromatic rings. The molecular weight excluding hydrogens is 306 g/mol. The van der Waals surface area contributed by atoms with E-state index in [-0.39, 0.29) is 18.3 Å². The van der Waals surface area contributed by atoms with E-state index in [4.69, 9.17) is 4.74 Å². The molecule has 1 saturated carbocycles. The van der Waals surface area contributed by atoms with Crippen molar-refractivity contribution in [1.29, 1.82) is 0 Å². The third kappa shape index (κ3) is 2.00. The Morgan fingerprint density at radius 3 is 2.95 bits per heavy atom. The van der Waals surface area contributed by atoms with Crippen molar-refractivity contribution in [1.82, 2.24) is 3.96 Å². The van der Waals surface area contributed by atoms with Gasteiger partial charge in [-0.1, -0.05) is 11.5 Å². The van der Waals surface area contributed by atoms with Crippen LogP contribution in [0.2, 0.25) is 0 Å². The molecule has 6 heteroatoms. The molecule has 2 aliphatic carbocycles. The third-order valence-electron chi connectivity index (χ3n) is 4.50. The highest BCUT2D eigenvalue weighted by Gasteiger charge is 2.41. The second kappa shape index (κ2) is 4.81. The molecule has 21 heavy (non-hydrogen) atoms. The molecule has 2 aromatic heterocycles. The lowest BCUT2D eigenvalue weighted by molar-refractivity contribution is 0.0390. The molecule has 2 atom stereocenters. The monoisotopic (exact) mass is 321 g/mol. The van der Waals surface area contributed by atoms with Gasteiger partial charge >= 0.3 is 5.97 Å². The van der Waals surface area contributed by atoms with E-state index < -0.39 is 0 Å². The average Bonchev–Trinajstić information content (AvgIpc) is 3.19. The van der Waals surface area contributed by atoms with Crippen LogP contribution in [0, 0.1) is 6.92 Å². The van der Waals surface area contributed by atoms with Gasteiger partial charge in [-0.2, -0.15) is 0 Å².